The molecule has 3 saturated heterocycles. The van der Waals surface area contributed by atoms with Gasteiger partial charge in [0.1, 0.15) is 0 Å². The van der Waals surface area contributed by atoms with Crippen molar-refractivity contribution in [1.29, 1.82) is 0 Å². The number of anilines is 2. The number of ether oxygens (including phenoxy) is 4. The largest absolute Gasteiger partial charge is 0.493 e. The van der Waals surface area contributed by atoms with Crippen LogP contribution in [0.3, 0.4) is 0 Å². The molecule has 5 fully saturated rings. The maximum Gasteiger partial charge on any atom is 0.493 e. The third-order valence-corrected chi connectivity index (χ3v) is 16.0. The van der Waals surface area contributed by atoms with Gasteiger partial charge in [-0.05, 0) is 165 Å². The molecule has 4 N–H and O–H groups in total. The highest BCUT2D eigenvalue weighted by Crippen LogP contribution is 2.46. The lowest BCUT2D eigenvalue weighted by Gasteiger charge is -2.36. The summed E-state index contributed by atoms with van der Waals surface area (Å²) < 4.78 is 41.1. The van der Waals surface area contributed by atoms with Crippen molar-refractivity contribution in [2.45, 2.75) is 128 Å². The van der Waals surface area contributed by atoms with Crippen LogP contribution in [0.5, 0.6) is 0 Å². The van der Waals surface area contributed by atoms with E-state index in [0.29, 0.717) is 53.7 Å². The second kappa shape index (κ2) is 20.0. The van der Waals surface area contributed by atoms with Gasteiger partial charge in [0.2, 0.25) is 0 Å². The number of rotatable bonds is 4. The third kappa shape index (κ3) is 9.99. The highest BCUT2D eigenvalue weighted by molar-refractivity contribution is 9.10. The Balaban J connectivity index is 0.000000139. The molecule has 11 rings (SSSR count). The number of hydrogen-bond acceptors (Lipinski definition) is 8. The number of nitrogen functional groups attached to an aromatic ring is 2. The molecule has 370 valence electrons. The molecule has 5 aliphatic rings. The predicted octanol–water partition coefficient (Wildman–Crippen LogP) is 13.4. The van der Waals surface area contributed by atoms with Crippen molar-refractivity contribution in [2.75, 3.05) is 37.9 Å². The van der Waals surface area contributed by atoms with E-state index in [4.69, 9.17) is 66.0 Å². The highest BCUT2D eigenvalue weighted by Gasteiger charge is 2.52. The van der Waals surface area contributed by atoms with Gasteiger partial charge in [0.15, 0.2) is 34.3 Å². The van der Waals surface area contributed by atoms with Crippen LogP contribution in [0, 0.1) is 40.1 Å². The van der Waals surface area contributed by atoms with E-state index in [2.05, 4.69) is 69.0 Å². The molecule has 72 heavy (non-hydrogen) atoms. The van der Waals surface area contributed by atoms with Crippen LogP contribution in [-0.2, 0) is 28.3 Å². The predicted molar refractivity (Wildman–Crippen MR) is 287 cm³/mol. The van der Waals surface area contributed by atoms with Crippen molar-refractivity contribution >= 4 is 84.4 Å². The van der Waals surface area contributed by atoms with Gasteiger partial charge >= 0.3 is 7.12 Å². The molecular weight excluding hydrogens is 971 g/mol. The minimum Gasteiger partial charge on any atom is -0.400 e. The fourth-order valence-electron chi connectivity index (χ4n) is 10.7. The van der Waals surface area contributed by atoms with Crippen molar-refractivity contribution in [3.05, 3.63) is 134 Å². The average molecular weight is 1030 g/mol. The number of aryl methyl sites for hydroxylation is 2. The summed E-state index contributed by atoms with van der Waals surface area (Å²) in [5.41, 5.74) is 21.6. The maximum absolute atomic E-state index is 7.56. The quantitative estimate of drug-likeness (QED) is 0.101. The summed E-state index contributed by atoms with van der Waals surface area (Å²) in [5, 5.41) is 2.14. The van der Waals surface area contributed by atoms with Gasteiger partial charge in [-0.2, -0.15) is 0 Å². The summed E-state index contributed by atoms with van der Waals surface area (Å²) in [5.74, 6) is -0.711. The van der Waals surface area contributed by atoms with Gasteiger partial charge in [0, 0.05) is 88.0 Å². The average Bonchev–Trinajstić information content (AvgIpc) is 4.20. The molecule has 2 aliphatic carbocycles. The van der Waals surface area contributed by atoms with Crippen LogP contribution >= 0.6 is 15.9 Å². The van der Waals surface area contributed by atoms with E-state index in [1.165, 1.54) is 5.52 Å². The van der Waals surface area contributed by atoms with Gasteiger partial charge in [-0.3, -0.25) is 0 Å². The number of hydrogen-bond donors (Lipinski definition) is 2. The summed E-state index contributed by atoms with van der Waals surface area (Å²) in [6.07, 6.45) is 12.0. The fraction of sp³-hybridized carbons (Fsp3) is 0.429. The van der Waals surface area contributed by atoms with E-state index in [1.807, 2.05) is 65.8 Å². The molecule has 4 aromatic carbocycles. The first kappa shape index (κ1) is 50.8. The van der Waals surface area contributed by atoms with Crippen LogP contribution < -0.4 is 16.9 Å². The van der Waals surface area contributed by atoms with Crippen LogP contribution in [-0.4, -0.2) is 65.5 Å². The smallest absolute Gasteiger partial charge is 0.400 e. The van der Waals surface area contributed by atoms with Crippen LogP contribution in [0.4, 0.5) is 34.1 Å². The molecule has 0 unspecified atom stereocenters. The third-order valence-electron chi connectivity index (χ3n) is 15.3. The summed E-state index contributed by atoms with van der Waals surface area (Å²) in [4.78, 5) is 14.3. The number of nitrogens with two attached hydrogens (primary N) is 2. The van der Waals surface area contributed by atoms with E-state index in [1.54, 1.807) is 24.3 Å². The van der Waals surface area contributed by atoms with Gasteiger partial charge in [-0.15, -0.1) is 0 Å². The summed E-state index contributed by atoms with van der Waals surface area (Å²) in [7, 11) is -0.473. The van der Waals surface area contributed by atoms with Gasteiger partial charge in [0.05, 0.1) is 63.9 Å². The Bertz CT molecular complexity index is 3200. The zero-order valence-electron chi connectivity index (χ0n) is 41.8. The van der Waals surface area contributed by atoms with Crippen molar-refractivity contribution in [3.63, 3.8) is 0 Å². The highest BCUT2D eigenvalue weighted by atomic mass is 79.9. The van der Waals surface area contributed by atoms with Gasteiger partial charge in [-0.1, -0.05) is 6.07 Å². The van der Waals surface area contributed by atoms with Gasteiger partial charge < -0.3 is 48.9 Å². The molecule has 5 heterocycles. The van der Waals surface area contributed by atoms with Crippen LogP contribution in [0.2, 0.25) is 0 Å². The zero-order chi connectivity index (χ0) is 51.2. The van der Waals surface area contributed by atoms with E-state index < -0.39 is 12.9 Å². The summed E-state index contributed by atoms with van der Waals surface area (Å²) in [6.45, 7) is 44.1. The topological polar surface area (TPSA) is 135 Å². The number of nitrogens with zero attached hydrogens (tertiary/aromatic N) is 6. The second-order valence-corrected chi connectivity index (χ2v) is 21.4. The van der Waals surface area contributed by atoms with E-state index in [0.717, 1.165) is 119 Å². The minimum absolute atomic E-state index is 0.316. The molecular formula is C56H60BBrN8O6. The molecule has 6 aromatic rings. The lowest BCUT2D eigenvalue weighted by molar-refractivity contribution is -0.181. The lowest BCUT2D eigenvalue weighted by Crippen LogP contribution is -2.41. The Morgan fingerprint density at radius 1 is 0.569 bits per heavy atom. The van der Waals surface area contributed by atoms with E-state index in [9.17, 15) is 0 Å². The Morgan fingerprint density at radius 2 is 1.01 bits per heavy atom. The maximum atomic E-state index is 7.56. The fourth-order valence-corrected chi connectivity index (χ4v) is 11.3. The molecule has 0 radical (unpaired) electrons. The molecule has 3 aliphatic heterocycles. The first-order chi connectivity index (χ1) is 34.4. The summed E-state index contributed by atoms with van der Waals surface area (Å²) in [6, 6.07) is 19.6. The second-order valence-electron chi connectivity index (χ2n) is 20.5. The van der Waals surface area contributed by atoms with Crippen molar-refractivity contribution in [3.8, 4) is 11.1 Å². The molecule has 2 aromatic heterocycles. The van der Waals surface area contributed by atoms with Crippen molar-refractivity contribution in [1.82, 2.24) is 9.13 Å². The van der Waals surface area contributed by atoms with Gasteiger partial charge in [0.25, 0.3) is 0 Å². The molecule has 16 heteroatoms. The Kier molecular flexibility index (Phi) is 14.1. The number of benzene rings is 4. The van der Waals surface area contributed by atoms with Crippen molar-refractivity contribution in [2.24, 2.45) is 0 Å². The number of fused-ring (bicyclic) bond motifs is 2. The zero-order valence-corrected chi connectivity index (χ0v) is 43.4. The van der Waals surface area contributed by atoms with Crippen LogP contribution in [0.1, 0.15) is 102 Å². The summed E-state index contributed by atoms with van der Waals surface area (Å²) >= 11 is 3.66. The van der Waals surface area contributed by atoms with Crippen molar-refractivity contribution < 1.29 is 28.3 Å². The van der Waals surface area contributed by atoms with E-state index in [-0.39, 0.29) is 17.0 Å². The molecule has 0 amide bonds. The molecule has 14 nitrogen and oxygen atoms in total. The first-order valence-corrected chi connectivity index (χ1v) is 25.4. The Labute approximate surface area is 431 Å². The standard InChI is InChI=1S/C25H24N4O2.C18H19BrN2O2.C13H17BN2O2/c1-16-10-24-21(14-23(16)28-3)22(17-11-18(26)13-19(12-17)27-2)15-29(24)20-4-6-25(7-5-20)30-8-9-31-25;1-12-9-17-14(10-16(12)20-2)15(19)11-21(17)13-3-5-18(6-4-13)22-7-8-23-18;1-12(2)13(3,4)18-14(17-12)9-6-10(15)8-11(7-9)16-5/h10-15,20H,4-9,26H2,1H3;9-11,13H,3-8H2,1H3;6-8H,15H2,1-4H3. The van der Waals surface area contributed by atoms with Crippen LogP contribution in [0.15, 0.2) is 77.5 Å². The lowest BCUT2D eigenvalue weighted by atomic mass is 9.78. The molecule has 2 spiro atoms. The Hall–Kier alpha value is -6.18. The monoisotopic (exact) mass is 1030 g/mol. The molecule has 0 bridgehead atoms. The Morgan fingerprint density at radius 3 is 1.50 bits per heavy atom. The SMILES string of the molecule is [C-]#[N+]c1cc(N)cc(-c2cn(C3CCC4(CC3)OCCO4)c3cc(C)c([N+]#[C-])cc23)c1.[C-]#[N+]c1cc(N)cc(B2OC(C)(C)C(C)(C)O2)c1.[C-]#[N+]c1cc2c(Br)cn(C3CCC4(CC3)OCCO4)c2cc1C. The molecule has 0 atom stereocenters. The number of aromatic nitrogens is 2. The number of halogens is 1. The minimum atomic E-state index is -0.473. The van der Waals surface area contributed by atoms with Crippen LogP contribution in [0.25, 0.3) is 52.3 Å². The van der Waals surface area contributed by atoms with Gasteiger partial charge in [-0.25, -0.2) is 19.4 Å². The van der Waals surface area contributed by atoms with E-state index >= 15 is 0 Å². The first-order valence-electron chi connectivity index (χ1n) is 24.6. The normalized spacial score (nSPS) is 20.5. The molecule has 2 saturated carbocycles.